The smallest absolute Gasteiger partial charge is 0.228 e. The number of hydrogen-bond donors (Lipinski definition) is 2. The van der Waals surface area contributed by atoms with E-state index in [2.05, 4.69) is 17.9 Å². The van der Waals surface area contributed by atoms with Crippen LogP contribution in [-0.2, 0) is 11.2 Å². The fourth-order valence-electron chi connectivity index (χ4n) is 1.73. The molecule has 88 valence electrons. The van der Waals surface area contributed by atoms with Crippen LogP contribution in [0.25, 0.3) is 0 Å². The molecule has 0 unspecified atom stereocenters. The highest BCUT2D eigenvalue weighted by Gasteiger charge is 2.08. The first kappa shape index (κ1) is 12.0. The predicted molar refractivity (Wildman–Crippen MR) is 72.7 cm³/mol. The van der Waals surface area contributed by atoms with Crippen molar-refractivity contribution < 1.29 is 4.79 Å². The van der Waals surface area contributed by atoms with Gasteiger partial charge in [-0.1, -0.05) is 36.4 Å². The molecule has 1 aromatic rings. The Balaban J connectivity index is 1.90. The maximum Gasteiger partial charge on any atom is 0.228 e. The molecule has 0 heterocycles. The highest BCUT2D eigenvalue weighted by molar-refractivity contribution is 7.84. The second-order valence-corrected chi connectivity index (χ2v) is 4.63. The summed E-state index contributed by atoms with van der Waals surface area (Å²) < 4.78 is 0. The van der Waals surface area contributed by atoms with Crippen molar-refractivity contribution in [1.82, 2.24) is 5.32 Å². The largest absolute Gasteiger partial charge is 0.329 e. The molecule has 1 N–H and O–H groups in total. The van der Waals surface area contributed by atoms with Crippen LogP contribution in [0.2, 0.25) is 0 Å². The van der Waals surface area contributed by atoms with Crippen LogP contribution in [0.4, 0.5) is 0 Å². The second kappa shape index (κ2) is 5.73. The quantitative estimate of drug-likeness (QED) is 0.788. The molecule has 1 aliphatic rings. The first-order valence-electron chi connectivity index (χ1n) is 5.66. The average Bonchev–Trinajstić information content (AvgIpc) is 2.33. The molecule has 3 heteroatoms. The van der Waals surface area contributed by atoms with E-state index in [9.17, 15) is 4.79 Å². The van der Waals surface area contributed by atoms with E-state index in [1.54, 1.807) is 0 Å². The van der Waals surface area contributed by atoms with Crippen LogP contribution in [0.5, 0.6) is 0 Å². The Labute approximate surface area is 107 Å². The predicted octanol–water partition coefficient (Wildman–Crippen LogP) is 2.84. The molecule has 17 heavy (non-hydrogen) atoms. The summed E-state index contributed by atoms with van der Waals surface area (Å²) in [5, 5.41) is 2.93. The van der Waals surface area contributed by atoms with Gasteiger partial charge in [0, 0.05) is 5.70 Å². The number of nitrogens with one attached hydrogen (secondary N) is 1. The van der Waals surface area contributed by atoms with E-state index in [1.165, 1.54) is 0 Å². The minimum Gasteiger partial charge on any atom is -0.329 e. The highest BCUT2D eigenvalue weighted by atomic mass is 32.1. The fraction of sp³-hybridized carbons (Fsp3) is 0.214. The van der Waals surface area contributed by atoms with Gasteiger partial charge in [0.1, 0.15) is 0 Å². The summed E-state index contributed by atoms with van der Waals surface area (Å²) in [7, 11) is 0. The van der Waals surface area contributed by atoms with Gasteiger partial charge in [0.2, 0.25) is 5.91 Å². The summed E-state index contributed by atoms with van der Waals surface area (Å²) in [6, 6.07) is 9.75. The van der Waals surface area contributed by atoms with Crippen LogP contribution in [0.15, 0.2) is 53.1 Å². The van der Waals surface area contributed by atoms with Gasteiger partial charge in [-0.3, -0.25) is 4.79 Å². The van der Waals surface area contributed by atoms with Crippen LogP contribution in [0.3, 0.4) is 0 Å². The minimum atomic E-state index is 0.0402. The van der Waals surface area contributed by atoms with Crippen molar-refractivity contribution in [3.63, 3.8) is 0 Å². The Morgan fingerprint density at radius 3 is 2.59 bits per heavy atom. The highest BCUT2D eigenvalue weighted by Crippen LogP contribution is 2.18. The van der Waals surface area contributed by atoms with Crippen LogP contribution < -0.4 is 5.32 Å². The molecule has 0 fully saturated rings. The molecule has 0 saturated carbocycles. The average molecular weight is 245 g/mol. The molecule has 0 saturated heterocycles. The van der Waals surface area contributed by atoms with Gasteiger partial charge < -0.3 is 5.32 Å². The van der Waals surface area contributed by atoms with Gasteiger partial charge in [-0.25, -0.2) is 0 Å². The van der Waals surface area contributed by atoms with Crippen LogP contribution >= 0.6 is 12.6 Å². The molecule has 0 aromatic heterocycles. The Kier molecular flexibility index (Phi) is 4.04. The number of rotatable bonds is 3. The van der Waals surface area contributed by atoms with Gasteiger partial charge in [-0.2, -0.15) is 0 Å². The van der Waals surface area contributed by atoms with Crippen LogP contribution in [-0.4, -0.2) is 5.91 Å². The van der Waals surface area contributed by atoms with E-state index in [0.29, 0.717) is 6.42 Å². The lowest BCUT2D eigenvalue weighted by Gasteiger charge is -2.13. The van der Waals surface area contributed by atoms with E-state index in [4.69, 9.17) is 0 Å². The summed E-state index contributed by atoms with van der Waals surface area (Å²) in [6.45, 7) is 0. The first-order valence-corrected chi connectivity index (χ1v) is 6.11. The Hall–Kier alpha value is -1.48. The summed E-state index contributed by atoms with van der Waals surface area (Å²) in [5.41, 5.74) is 2.01. The van der Waals surface area contributed by atoms with Gasteiger partial charge in [-0.15, -0.1) is 12.6 Å². The number of amides is 1. The van der Waals surface area contributed by atoms with Gasteiger partial charge >= 0.3 is 0 Å². The molecular weight excluding hydrogens is 230 g/mol. The Morgan fingerprint density at radius 1 is 1.18 bits per heavy atom. The first-order chi connectivity index (χ1) is 8.24. The van der Waals surface area contributed by atoms with E-state index in [-0.39, 0.29) is 5.91 Å². The number of benzene rings is 1. The SMILES string of the molecule is O=C(Cc1ccccc1)NC1=CC=C(S)CC1. The van der Waals surface area contributed by atoms with Crippen LogP contribution in [0.1, 0.15) is 18.4 Å². The zero-order chi connectivity index (χ0) is 12.1. The standard InChI is InChI=1S/C14H15NOS/c16-14(10-11-4-2-1-3-5-11)15-12-6-8-13(17)9-7-12/h1-6,8,17H,7,9-10H2,(H,15,16). The summed E-state index contributed by atoms with van der Waals surface area (Å²) >= 11 is 4.28. The molecule has 0 aliphatic heterocycles. The molecule has 2 rings (SSSR count). The van der Waals surface area contributed by atoms with E-state index in [1.807, 2.05) is 42.5 Å². The Bertz CT molecular complexity index is 462. The van der Waals surface area contributed by atoms with Crippen molar-refractivity contribution >= 4 is 18.5 Å². The van der Waals surface area contributed by atoms with Gasteiger partial charge in [-0.05, 0) is 29.4 Å². The van der Waals surface area contributed by atoms with Gasteiger partial charge in [0.05, 0.1) is 6.42 Å². The maximum absolute atomic E-state index is 11.8. The molecule has 0 bridgehead atoms. The number of carbonyl (C=O) groups is 1. The van der Waals surface area contributed by atoms with Crippen molar-refractivity contribution in [3.05, 3.63) is 58.6 Å². The topological polar surface area (TPSA) is 29.1 Å². The lowest BCUT2D eigenvalue weighted by Crippen LogP contribution is -2.25. The third kappa shape index (κ3) is 3.79. The van der Waals surface area contributed by atoms with Gasteiger partial charge in [0.15, 0.2) is 0 Å². The Morgan fingerprint density at radius 2 is 1.94 bits per heavy atom. The maximum atomic E-state index is 11.8. The zero-order valence-corrected chi connectivity index (χ0v) is 10.4. The second-order valence-electron chi connectivity index (χ2n) is 4.06. The molecule has 0 atom stereocenters. The van der Waals surface area contributed by atoms with Gasteiger partial charge in [0.25, 0.3) is 0 Å². The summed E-state index contributed by atoms with van der Waals surface area (Å²) in [6.07, 6.45) is 6.05. The minimum absolute atomic E-state index is 0.0402. The van der Waals surface area contributed by atoms with E-state index >= 15 is 0 Å². The zero-order valence-electron chi connectivity index (χ0n) is 9.52. The van der Waals surface area contributed by atoms with E-state index in [0.717, 1.165) is 29.0 Å². The fourth-order valence-corrected chi connectivity index (χ4v) is 1.92. The van der Waals surface area contributed by atoms with Crippen molar-refractivity contribution in [2.75, 3.05) is 0 Å². The number of hydrogen-bond acceptors (Lipinski definition) is 2. The summed E-state index contributed by atoms with van der Waals surface area (Å²) in [5.74, 6) is 0.0402. The molecule has 0 radical (unpaired) electrons. The van der Waals surface area contributed by atoms with Crippen molar-refractivity contribution in [2.45, 2.75) is 19.3 Å². The van der Waals surface area contributed by atoms with Crippen molar-refractivity contribution in [1.29, 1.82) is 0 Å². The lowest BCUT2D eigenvalue weighted by molar-refractivity contribution is -0.119. The number of allylic oxidation sites excluding steroid dienone is 4. The number of thiol groups is 1. The molecular formula is C14H15NOS. The van der Waals surface area contributed by atoms with Crippen molar-refractivity contribution in [3.8, 4) is 0 Å². The third-order valence-electron chi connectivity index (χ3n) is 2.63. The molecule has 0 spiro atoms. The number of carbonyl (C=O) groups excluding carboxylic acids is 1. The molecule has 1 aliphatic carbocycles. The monoisotopic (exact) mass is 245 g/mol. The molecule has 1 aromatic carbocycles. The summed E-state index contributed by atoms with van der Waals surface area (Å²) in [4.78, 5) is 12.8. The van der Waals surface area contributed by atoms with E-state index < -0.39 is 0 Å². The molecule has 2 nitrogen and oxygen atoms in total. The normalized spacial score (nSPS) is 14.9. The van der Waals surface area contributed by atoms with Crippen molar-refractivity contribution in [2.24, 2.45) is 0 Å². The molecule has 1 amide bonds. The third-order valence-corrected chi connectivity index (χ3v) is 3.01. The lowest BCUT2D eigenvalue weighted by atomic mass is 10.1. The van der Waals surface area contributed by atoms with Crippen LogP contribution in [0, 0.1) is 0 Å².